The summed E-state index contributed by atoms with van der Waals surface area (Å²) in [7, 11) is 0. The van der Waals surface area contributed by atoms with Crippen molar-refractivity contribution in [2.24, 2.45) is 0 Å². The van der Waals surface area contributed by atoms with E-state index >= 15 is 0 Å². The minimum absolute atomic E-state index is 0.0279. The lowest BCUT2D eigenvalue weighted by Crippen LogP contribution is -2.05. The van der Waals surface area contributed by atoms with Gasteiger partial charge in [-0.15, -0.1) is 0 Å². The van der Waals surface area contributed by atoms with Crippen molar-refractivity contribution in [3.63, 3.8) is 0 Å². The van der Waals surface area contributed by atoms with E-state index in [-0.39, 0.29) is 18.0 Å². The number of carbonyl (C=O) groups is 2. The summed E-state index contributed by atoms with van der Waals surface area (Å²) < 4.78 is 13.3. The van der Waals surface area contributed by atoms with Crippen LogP contribution in [0.5, 0.6) is 0 Å². The largest absolute Gasteiger partial charge is 0.342 e. The summed E-state index contributed by atoms with van der Waals surface area (Å²) in [5, 5.41) is 0. The number of H-pyrrole nitrogens is 1. The fraction of sp³-hybridized carbons (Fsp3) is 0.0455. The number of hydrogen-bond donors (Lipinski definition) is 1. The van der Waals surface area contributed by atoms with Crippen molar-refractivity contribution in [2.45, 2.75) is 6.42 Å². The summed E-state index contributed by atoms with van der Waals surface area (Å²) in [6, 6.07) is 19.8. The third-order valence-electron chi connectivity index (χ3n) is 4.30. The van der Waals surface area contributed by atoms with Crippen LogP contribution in [0.1, 0.15) is 32.1 Å². The molecular weight excluding hydrogens is 343 g/mol. The van der Waals surface area contributed by atoms with Crippen LogP contribution < -0.4 is 0 Å². The normalized spacial score (nSPS) is 10.9. The number of imidazole rings is 1. The van der Waals surface area contributed by atoms with E-state index in [9.17, 15) is 14.0 Å². The zero-order valence-corrected chi connectivity index (χ0v) is 14.3. The molecule has 4 nitrogen and oxygen atoms in total. The second-order valence-electron chi connectivity index (χ2n) is 6.22. The van der Waals surface area contributed by atoms with Crippen molar-refractivity contribution in [1.82, 2.24) is 9.97 Å². The van der Waals surface area contributed by atoms with Gasteiger partial charge in [0, 0.05) is 16.7 Å². The number of aromatic nitrogens is 2. The Kier molecular flexibility index (Phi) is 4.34. The fourth-order valence-electron chi connectivity index (χ4n) is 2.96. The topological polar surface area (TPSA) is 62.8 Å². The van der Waals surface area contributed by atoms with Gasteiger partial charge in [0.1, 0.15) is 11.6 Å². The number of ketones is 2. The lowest BCUT2D eigenvalue weighted by atomic mass is 10.0. The van der Waals surface area contributed by atoms with Gasteiger partial charge in [-0.1, -0.05) is 42.5 Å². The van der Waals surface area contributed by atoms with Gasteiger partial charge in [-0.2, -0.15) is 0 Å². The first-order valence-electron chi connectivity index (χ1n) is 8.47. The highest BCUT2D eigenvalue weighted by Crippen LogP contribution is 2.18. The number of benzene rings is 3. The summed E-state index contributed by atoms with van der Waals surface area (Å²) in [5.41, 5.74) is 2.80. The molecule has 27 heavy (non-hydrogen) atoms. The molecule has 0 saturated carbocycles. The Balaban J connectivity index is 1.59. The molecule has 0 aliphatic carbocycles. The summed E-state index contributed by atoms with van der Waals surface area (Å²) in [5.74, 6) is -0.281. The number of nitrogens with zero attached hydrogens (tertiary/aromatic N) is 1. The van der Waals surface area contributed by atoms with E-state index in [0.29, 0.717) is 33.5 Å². The zero-order valence-electron chi connectivity index (χ0n) is 14.3. The van der Waals surface area contributed by atoms with Crippen molar-refractivity contribution in [1.29, 1.82) is 0 Å². The van der Waals surface area contributed by atoms with Crippen LogP contribution in [0.3, 0.4) is 0 Å². The highest BCUT2D eigenvalue weighted by atomic mass is 19.1. The molecule has 4 aromatic rings. The van der Waals surface area contributed by atoms with Crippen LogP contribution in [0.2, 0.25) is 0 Å². The molecule has 0 radical (unpaired) electrons. The van der Waals surface area contributed by atoms with Crippen molar-refractivity contribution in [3.05, 3.63) is 101 Å². The van der Waals surface area contributed by atoms with E-state index in [1.807, 2.05) is 18.2 Å². The Morgan fingerprint density at radius 1 is 0.852 bits per heavy atom. The smallest absolute Gasteiger partial charge is 0.193 e. The Hall–Kier alpha value is -3.60. The van der Waals surface area contributed by atoms with E-state index in [4.69, 9.17) is 0 Å². The second-order valence-corrected chi connectivity index (χ2v) is 6.22. The number of rotatable bonds is 5. The van der Waals surface area contributed by atoms with Crippen LogP contribution in [0.15, 0.2) is 72.8 Å². The van der Waals surface area contributed by atoms with Crippen LogP contribution in [0.4, 0.5) is 4.39 Å². The Labute approximate surface area is 154 Å². The van der Waals surface area contributed by atoms with Crippen LogP contribution in [0.25, 0.3) is 11.0 Å². The van der Waals surface area contributed by atoms with Gasteiger partial charge in [-0.25, -0.2) is 9.37 Å². The van der Waals surface area contributed by atoms with Gasteiger partial charge in [0.25, 0.3) is 0 Å². The van der Waals surface area contributed by atoms with E-state index in [2.05, 4.69) is 9.97 Å². The minimum Gasteiger partial charge on any atom is -0.342 e. The number of carbonyl (C=O) groups excluding carboxylic acids is 2. The number of halogens is 1. The van der Waals surface area contributed by atoms with Crippen molar-refractivity contribution >= 4 is 22.6 Å². The lowest BCUT2D eigenvalue weighted by Gasteiger charge is -2.00. The summed E-state index contributed by atoms with van der Waals surface area (Å²) in [6.07, 6.45) is 0.0279. The summed E-state index contributed by atoms with van der Waals surface area (Å²) >= 11 is 0. The zero-order chi connectivity index (χ0) is 18.8. The van der Waals surface area contributed by atoms with Crippen LogP contribution in [-0.2, 0) is 6.42 Å². The molecule has 0 amide bonds. The predicted octanol–water partition coefficient (Wildman–Crippen LogP) is 4.36. The molecule has 0 saturated heterocycles. The molecule has 1 N–H and O–H groups in total. The number of Topliss-reactive ketones (excluding diaryl/α,β-unsaturated/α-hetero) is 1. The Morgan fingerprint density at radius 3 is 2.41 bits per heavy atom. The molecule has 1 heterocycles. The molecule has 0 fully saturated rings. The monoisotopic (exact) mass is 358 g/mol. The van der Waals surface area contributed by atoms with Crippen molar-refractivity contribution in [2.75, 3.05) is 0 Å². The molecule has 4 rings (SSSR count). The quantitative estimate of drug-likeness (QED) is 0.539. The predicted molar refractivity (Wildman–Crippen MR) is 100 cm³/mol. The van der Waals surface area contributed by atoms with Gasteiger partial charge >= 0.3 is 0 Å². The second kappa shape index (κ2) is 6.96. The fourth-order valence-corrected chi connectivity index (χ4v) is 2.96. The van der Waals surface area contributed by atoms with Crippen LogP contribution >= 0.6 is 0 Å². The lowest BCUT2D eigenvalue weighted by molar-refractivity contribution is 0.0989. The number of aromatic amines is 1. The van der Waals surface area contributed by atoms with E-state index in [0.717, 1.165) is 0 Å². The van der Waals surface area contributed by atoms with Gasteiger partial charge in [-0.05, 0) is 30.3 Å². The van der Waals surface area contributed by atoms with E-state index in [1.165, 1.54) is 18.2 Å². The van der Waals surface area contributed by atoms with E-state index < -0.39 is 5.82 Å². The van der Waals surface area contributed by atoms with Gasteiger partial charge < -0.3 is 4.98 Å². The number of fused-ring (bicyclic) bond motifs is 1. The van der Waals surface area contributed by atoms with Gasteiger partial charge in [0.05, 0.1) is 17.5 Å². The Morgan fingerprint density at radius 2 is 1.63 bits per heavy atom. The van der Waals surface area contributed by atoms with Crippen molar-refractivity contribution < 1.29 is 14.0 Å². The SMILES string of the molecule is O=C(Cc1nc2ccc(C(=O)c3ccccc3)cc2[nH]1)c1cccc(F)c1. The van der Waals surface area contributed by atoms with Crippen LogP contribution in [0, 0.1) is 5.82 Å². The first-order valence-corrected chi connectivity index (χ1v) is 8.47. The molecule has 5 heteroatoms. The molecule has 0 aliphatic heterocycles. The van der Waals surface area contributed by atoms with Gasteiger partial charge in [0.2, 0.25) is 0 Å². The van der Waals surface area contributed by atoms with Gasteiger partial charge in [-0.3, -0.25) is 9.59 Å². The highest BCUT2D eigenvalue weighted by Gasteiger charge is 2.14. The maximum absolute atomic E-state index is 13.3. The standard InChI is InChI=1S/C22H15FN2O2/c23-17-8-4-7-15(11-17)20(26)13-21-24-18-10-9-16(12-19(18)25-21)22(27)14-5-2-1-3-6-14/h1-12H,13H2,(H,24,25). The number of nitrogens with one attached hydrogen (secondary N) is 1. The average Bonchev–Trinajstić information content (AvgIpc) is 3.09. The van der Waals surface area contributed by atoms with Gasteiger partial charge in [0.15, 0.2) is 11.6 Å². The maximum Gasteiger partial charge on any atom is 0.193 e. The molecule has 3 aromatic carbocycles. The molecule has 1 aromatic heterocycles. The molecule has 0 aliphatic rings. The highest BCUT2D eigenvalue weighted by molar-refractivity contribution is 6.10. The van der Waals surface area contributed by atoms with E-state index in [1.54, 1.807) is 36.4 Å². The number of hydrogen-bond acceptors (Lipinski definition) is 3. The maximum atomic E-state index is 13.3. The third-order valence-corrected chi connectivity index (χ3v) is 4.30. The summed E-state index contributed by atoms with van der Waals surface area (Å²) in [4.78, 5) is 32.4. The summed E-state index contributed by atoms with van der Waals surface area (Å²) in [6.45, 7) is 0. The molecule has 0 bridgehead atoms. The minimum atomic E-state index is -0.450. The third kappa shape index (κ3) is 3.53. The first-order chi connectivity index (χ1) is 13.1. The Bertz CT molecular complexity index is 1150. The molecule has 0 unspecified atom stereocenters. The molecule has 132 valence electrons. The molecular formula is C22H15FN2O2. The molecule has 0 spiro atoms. The molecule has 0 atom stereocenters. The average molecular weight is 358 g/mol. The van der Waals surface area contributed by atoms with Crippen molar-refractivity contribution in [3.8, 4) is 0 Å². The van der Waals surface area contributed by atoms with Crippen LogP contribution in [-0.4, -0.2) is 21.5 Å². The first kappa shape index (κ1) is 16.8.